The van der Waals surface area contributed by atoms with E-state index in [1.807, 2.05) is 6.07 Å². The maximum atomic E-state index is 12.1. The van der Waals surface area contributed by atoms with Crippen molar-refractivity contribution in [2.45, 2.75) is 31.3 Å². The average molecular weight is 333 g/mol. The van der Waals surface area contributed by atoms with Crippen LogP contribution in [-0.2, 0) is 16.6 Å². The summed E-state index contributed by atoms with van der Waals surface area (Å²) < 4.78 is 26.5. The van der Waals surface area contributed by atoms with Crippen LogP contribution in [0.25, 0.3) is 0 Å². The van der Waals surface area contributed by atoms with Crippen LogP contribution in [0, 0.1) is 0 Å². The van der Waals surface area contributed by atoms with Gasteiger partial charge >= 0.3 is 0 Å². The van der Waals surface area contributed by atoms with Gasteiger partial charge in [-0.3, -0.25) is 9.78 Å². The Kier molecular flexibility index (Phi) is 5.46. The van der Waals surface area contributed by atoms with Gasteiger partial charge in [-0.25, -0.2) is 13.1 Å². The van der Waals surface area contributed by atoms with E-state index in [4.69, 9.17) is 0 Å². The number of benzene rings is 1. The Morgan fingerprint density at radius 1 is 1.17 bits per heavy atom. The van der Waals surface area contributed by atoms with Crippen molar-refractivity contribution in [1.82, 2.24) is 15.0 Å². The van der Waals surface area contributed by atoms with Gasteiger partial charge in [0.15, 0.2) is 0 Å². The Labute approximate surface area is 136 Å². The summed E-state index contributed by atoms with van der Waals surface area (Å²) in [5.74, 6) is -0.269. The molecular weight excluding hydrogens is 314 g/mol. The molecule has 0 radical (unpaired) electrons. The van der Waals surface area contributed by atoms with Crippen LogP contribution >= 0.6 is 0 Å². The molecule has 6 nitrogen and oxygen atoms in total. The Morgan fingerprint density at radius 3 is 2.43 bits per heavy atom. The third-order valence-electron chi connectivity index (χ3n) is 2.99. The summed E-state index contributed by atoms with van der Waals surface area (Å²) >= 11 is 0. The van der Waals surface area contributed by atoms with E-state index in [1.165, 1.54) is 24.3 Å². The molecule has 0 spiro atoms. The van der Waals surface area contributed by atoms with Gasteiger partial charge in [0.1, 0.15) is 0 Å². The maximum Gasteiger partial charge on any atom is 0.251 e. The van der Waals surface area contributed by atoms with Crippen LogP contribution in [0.3, 0.4) is 0 Å². The van der Waals surface area contributed by atoms with Crippen molar-refractivity contribution in [2.24, 2.45) is 0 Å². The molecule has 0 saturated carbocycles. The third kappa shape index (κ3) is 4.87. The van der Waals surface area contributed by atoms with Crippen LogP contribution in [0.1, 0.15) is 29.8 Å². The molecule has 2 rings (SSSR count). The van der Waals surface area contributed by atoms with E-state index in [9.17, 15) is 13.2 Å². The number of carbonyl (C=O) groups is 1. The predicted molar refractivity (Wildman–Crippen MR) is 87.3 cm³/mol. The Hall–Kier alpha value is -2.25. The molecule has 2 aromatic rings. The fourth-order valence-corrected chi connectivity index (χ4v) is 3.20. The molecule has 23 heavy (non-hydrogen) atoms. The van der Waals surface area contributed by atoms with Crippen LogP contribution in [0.2, 0.25) is 0 Å². The number of sulfonamides is 1. The van der Waals surface area contributed by atoms with Gasteiger partial charge in [0.2, 0.25) is 10.0 Å². The first-order chi connectivity index (χ1) is 10.9. The molecule has 1 heterocycles. The molecule has 1 aromatic carbocycles. The van der Waals surface area contributed by atoms with Gasteiger partial charge in [-0.1, -0.05) is 6.07 Å². The molecule has 0 atom stereocenters. The van der Waals surface area contributed by atoms with E-state index in [1.54, 1.807) is 32.3 Å². The number of rotatable bonds is 6. The number of nitrogens with zero attached hydrogens (tertiary/aromatic N) is 1. The number of hydrogen-bond acceptors (Lipinski definition) is 4. The Balaban J connectivity index is 2.03. The number of pyridine rings is 1. The lowest BCUT2D eigenvalue weighted by Gasteiger charge is -2.10. The zero-order valence-electron chi connectivity index (χ0n) is 13.0. The van der Waals surface area contributed by atoms with Crippen LogP contribution in [-0.4, -0.2) is 25.4 Å². The molecule has 0 saturated heterocycles. The molecule has 1 amide bonds. The molecule has 7 heteroatoms. The van der Waals surface area contributed by atoms with E-state index in [-0.39, 0.29) is 16.8 Å². The van der Waals surface area contributed by atoms with Crippen LogP contribution < -0.4 is 10.0 Å². The largest absolute Gasteiger partial charge is 0.348 e. The van der Waals surface area contributed by atoms with Crippen molar-refractivity contribution < 1.29 is 13.2 Å². The van der Waals surface area contributed by atoms with Crippen LogP contribution in [0.15, 0.2) is 53.7 Å². The Bertz CT molecular complexity index is 757. The minimum absolute atomic E-state index is 0.134. The second-order valence-electron chi connectivity index (χ2n) is 5.34. The highest BCUT2D eigenvalue weighted by molar-refractivity contribution is 7.89. The summed E-state index contributed by atoms with van der Waals surface area (Å²) in [6.07, 6.45) is 3.34. The molecule has 2 N–H and O–H groups in total. The van der Waals surface area contributed by atoms with Crippen molar-refractivity contribution in [2.75, 3.05) is 0 Å². The van der Waals surface area contributed by atoms with Crippen molar-refractivity contribution in [1.29, 1.82) is 0 Å². The lowest BCUT2D eigenvalue weighted by molar-refractivity contribution is 0.0951. The first kappa shape index (κ1) is 17.1. The number of aromatic nitrogens is 1. The molecule has 0 aliphatic carbocycles. The second kappa shape index (κ2) is 7.34. The number of hydrogen-bond donors (Lipinski definition) is 2. The zero-order chi connectivity index (χ0) is 16.9. The molecule has 1 aromatic heterocycles. The molecule has 0 fully saturated rings. The number of nitrogens with one attached hydrogen (secondary N) is 2. The van der Waals surface area contributed by atoms with Gasteiger partial charge in [-0.15, -0.1) is 0 Å². The molecule has 0 bridgehead atoms. The second-order valence-corrected chi connectivity index (χ2v) is 7.06. The van der Waals surface area contributed by atoms with Gasteiger partial charge in [0.25, 0.3) is 5.91 Å². The van der Waals surface area contributed by atoms with Crippen LogP contribution in [0.4, 0.5) is 0 Å². The lowest BCUT2D eigenvalue weighted by atomic mass is 10.2. The molecular formula is C16H19N3O3S. The standard InChI is InChI=1S/C16H19N3O3S/c1-12(2)19-23(21,22)15-7-5-14(6-8-15)16(20)18-11-13-4-3-9-17-10-13/h3-10,12,19H,11H2,1-2H3,(H,18,20). The zero-order valence-corrected chi connectivity index (χ0v) is 13.8. The maximum absolute atomic E-state index is 12.1. The minimum atomic E-state index is -3.55. The molecule has 0 unspecified atom stereocenters. The summed E-state index contributed by atoms with van der Waals surface area (Å²) in [6.45, 7) is 3.86. The molecule has 0 aliphatic heterocycles. The monoisotopic (exact) mass is 333 g/mol. The topological polar surface area (TPSA) is 88.2 Å². The quantitative estimate of drug-likeness (QED) is 0.842. The molecule has 0 aliphatic rings. The summed E-state index contributed by atoms with van der Waals surface area (Å²) in [5.41, 5.74) is 1.29. The number of carbonyl (C=O) groups excluding carboxylic acids is 1. The van der Waals surface area contributed by atoms with Crippen molar-refractivity contribution in [3.63, 3.8) is 0 Å². The van der Waals surface area contributed by atoms with Gasteiger partial charge in [0.05, 0.1) is 4.90 Å². The van der Waals surface area contributed by atoms with E-state index in [2.05, 4.69) is 15.0 Å². The van der Waals surface area contributed by atoms with Crippen molar-refractivity contribution in [3.05, 3.63) is 59.9 Å². The predicted octanol–water partition coefficient (Wildman–Crippen LogP) is 1.70. The van der Waals surface area contributed by atoms with Gasteiger partial charge in [-0.05, 0) is 49.7 Å². The van der Waals surface area contributed by atoms with Crippen molar-refractivity contribution in [3.8, 4) is 0 Å². The lowest BCUT2D eigenvalue weighted by Crippen LogP contribution is -2.30. The highest BCUT2D eigenvalue weighted by Gasteiger charge is 2.15. The van der Waals surface area contributed by atoms with Gasteiger partial charge < -0.3 is 5.32 Å². The summed E-state index contributed by atoms with van der Waals surface area (Å²) in [5, 5.41) is 2.76. The van der Waals surface area contributed by atoms with Gasteiger partial charge in [0, 0.05) is 30.5 Å². The fraction of sp³-hybridized carbons (Fsp3) is 0.250. The average Bonchev–Trinajstić information content (AvgIpc) is 2.52. The highest BCUT2D eigenvalue weighted by atomic mass is 32.2. The third-order valence-corrected chi connectivity index (χ3v) is 4.67. The Morgan fingerprint density at radius 2 is 1.87 bits per heavy atom. The normalized spacial score (nSPS) is 11.4. The smallest absolute Gasteiger partial charge is 0.251 e. The SMILES string of the molecule is CC(C)NS(=O)(=O)c1ccc(C(=O)NCc2cccnc2)cc1. The fourth-order valence-electron chi connectivity index (χ4n) is 1.95. The summed E-state index contributed by atoms with van der Waals surface area (Å²) in [4.78, 5) is 16.2. The highest BCUT2D eigenvalue weighted by Crippen LogP contribution is 2.11. The summed E-state index contributed by atoms with van der Waals surface area (Å²) in [6, 6.07) is 9.29. The first-order valence-corrected chi connectivity index (χ1v) is 8.66. The van der Waals surface area contributed by atoms with Gasteiger partial charge in [-0.2, -0.15) is 0 Å². The van der Waals surface area contributed by atoms with E-state index in [0.29, 0.717) is 12.1 Å². The summed E-state index contributed by atoms with van der Waals surface area (Å²) in [7, 11) is -3.55. The van der Waals surface area contributed by atoms with E-state index < -0.39 is 10.0 Å². The van der Waals surface area contributed by atoms with Crippen LogP contribution in [0.5, 0.6) is 0 Å². The van der Waals surface area contributed by atoms with Crippen molar-refractivity contribution >= 4 is 15.9 Å². The first-order valence-electron chi connectivity index (χ1n) is 7.18. The molecule has 122 valence electrons. The minimum Gasteiger partial charge on any atom is -0.348 e. The van der Waals surface area contributed by atoms with E-state index >= 15 is 0 Å². The van der Waals surface area contributed by atoms with E-state index in [0.717, 1.165) is 5.56 Å². The number of amides is 1.